The van der Waals surface area contributed by atoms with E-state index in [1.54, 1.807) is 0 Å². The molecule has 0 aliphatic carbocycles. The molecule has 0 fully saturated rings. The number of rotatable bonds is 2. The van der Waals surface area contributed by atoms with Crippen molar-refractivity contribution >= 4 is 25.3 Å². The van der Waals surface area contributed by atoms with E-state index in [0.29, 0.717) is 0 Å². The van der Waals surface area contributed by atoms with Crippen LogP contribution in [-0.2, 0) is 35.3 Å². The van der Waals surface area contributed by atoms with Gasteiger partial charge in [-0.1, -0.05) is 37.1 Å². The standard InChI is InChI=1S/2C12H13.C2H4.2FH.Zr/c2*1-3-10-7-11-6-4-5-9(2)12(11)8-10;1-2;;;/h2*4-8H,3H2,1-2H3;1H,2H3;2*1H;/q2*-1;;;;+2/p-2. The Hall–Kier alpha value is -1.73. The Morgan fingerprint density at radius 3 is 1.45 bits per heavy atom. The SMILES string of the molecule is CCc1cc2c(C)cccc2[cH-]1.CCc1cc2c(C)cccc2[cH-]1.C[CH]=[Zr]([F])[F]. The van der Waals surface area contributed by atoms with Crippen LogP contribution in [-0.4, -0.2) is 3.71 Å². The van der Waals surface area contributed by atoms with Crippen molar-refractivity contribution in [2.75, 3.05) is 0 Å². The summed E-state index contributed by atoms with van der Waals surface area (Å²) >= 11 is -3.70. The van der Waals surface area contributed by atoms with Crippen LogP contribution < -0.4 is 0 Å². The molecule has 0 N–H and O–H groups in total. The van der Waals surface area contributed by atoms with Gasteiger partial charge < -0.3 is 0 Å². The zero-order chi connectivity index (χ0) is 21.4. The molecule has 4 rings (SSSR count). The minimum atomic E-state index is -3.70. The third-order valence-electron chi connectivity index (χ3n) is 5.09. The van der Waals surface area contributed by atoms with Gasteiger partial charge in [0.2, 0.25) is 0 Å². The van der Waals surface area contributed by atoms with Crippen molar-refractivity contribution in [1.29, 1.82) is 0 Å². The molecule has 0 radical (unpaired) electrons. The Bertz CT molecular complexity index is 999. The second-order valence-corrected chi connectivity index (χ2v) is 10.0. The molecule has 0 saturated heterocycles. The average Bonchev–Trinajstić information content (AvgIpc) is 3.34. The summed E-state index contributed by atoms with van der Waals surface area (Å²) in [5, 5.41) is 5.59. The van der Waals surface area contributed by atoms with Gasteiger partial charge in [-0.25, -0.2) is 0 Å². The third-order valence-corrected chi connectivity index (χ3v) is 6.16. The fourth-order valence-corrected chi connectivity index (χ4v) is 3.31. The van der Waals surface area contributed by atoms with Crippen molar-refractivity contribution in [3.05, 3.63) is 82.9 Å². The molecule has 4 aromatic rings. The molecule has 0 amide bonds. The molecule has 4 aromatic carbocycles. The summed E-state index contributed by atoms with van der Waals surface area (Å²) in [4.78, 5) is 0. The van der Waals surface area contributed by atoms with Crippen molar-refractivity contribution in [3.8, 4) is 0 Å². The molecular formula is C26H30F2Zr-2. The number of halogens is 2. The molecular weight excluding hydrogens is 442 g/mol. The molecule has 0 saturated carbocycles. The van der Waals surface area contributed by atoms with Crippen LogP contribution in [0.1, 0.15) is 43.0 Å². The zero-order valence-electron chi connectivity index (χ0n) is 18.0. The van der Waals surface area contributed by atoms with Crippen LogP contribution in [0.4, 0.5) is 5.25 Å². The molecule has 0 heterocycles. The third kappa shape index (κ3) is 6.64. The normalized spacial score (nSPS) is 10.2. The van der Waals surface area contributed by atoms with Crippen LogP contribution >= 0.6 is 0 Å². The van der Waals surface area contributed by atoms with Crippen molar-refractivity contribution in [3.63, 3.8) is 0 Å². The molecule has 0 spiro atoms. The van der Waals surface area contributed by atoms with E-state index in [-0.39, 0.29) is 0 Å². The molecule has 0 atom stereocenters. The van der Waals surface area contributed by atoms with Crippen molar-refractivity contribution < 1.29 is 27.7 Å². The van der Waals surface area contributed by atoms with E-state index < -0.39 is 22.5 Å². The van der Waals surface area contributed by atoms with E-state index in [2.05, 4.69) is 88.4 Å². The molecule has 3 heteroatoms. The van der Waals surface area contributed by atoms with E-state index >= 15 is 0 Å². The summed E-state index contributed by atoms with van der Waals surface area (Å²) in [6.07, 6.45) is 2.27. The van der Waals surface area contributed by atoms with Gasteiger partial charge in [-0.3, -0.25) is 0 Å². The summed E-state index contributed by atoms with van der Waals surface area (Å²) in [7, 11) is 0. The minimum absolute atomic E-state index is 1.03. The Morgan fingerprint density at radius 1 is 0.793 bits per heavy atom. The van der Waals surface area contributed by atoms with Crippen LogP contribution in [0.3, 0.4) is 0 Å². The molecule has 0 unspecified atom stereocenters. The number of benzene rings is 2. The maximum absolute atomic E-state index is 10.9. The molecule has 0 nitrogen and oxygen atoms in total. The first-order chi connectivity index (χ1) is 13.9. The first-order valence-corrected chi connectivity index (χ1v) is 13.4. The van der Waals surface area contributed by atoms with E-state index in [4.69, 9.17) is 0 Å². The second-order valence-electron chi connectivity index (χ2n) is 7.17. The number of hydrogen-bond donors (Lipinski definition) is 0. The van der Waals surface area contributed by atoms with Crippen LogP contribution in [0, 0.1) is 13.8 Å². The summed E-state index contributed by atoms with van der Waals surface area (Å²) in [5.74, 6) is 0. The van der Waals surface area contributed by atoms with Gasteiger partial charge in [0.05, 0.1) is 0 Å². The molecule has 0 aromatic heterocycles. The van der Waals surface area contributed by atoms with Gasteiger partial charge in [0.25, 0.3) is 0 Å². The fraction of sp³-hybridized carbons (Fsp3) is 0.269. The van der Waals surface area contributed by atoms with Crippen LogP contribution in [0.25, 0.3) is 21.5 Å². The Balaban J connectivity index is 0.000000170. The molecule has 0 bridgehead atoms. The fourth-order valence-electron chi connectivity index (χ4n) is 3.31. The molecule has 29 heavy (non-hydrogen) atoms. The Morgan fingerprint density at radius 2 is 1.17 bits per heavy atom. The van der Waals surface area contributed by atoms with E-state index in [9.17, 15) is 5.25 Å². The predicted octanol–water partition coefficient (Wildman–Crippen LogP) is 8.05. The van der Waals surface area contributed by atoms with Gasteiger partial charge in [0, 0.05) is 0 Å². The predicted molar refractivity (Wildman–Crippen MR) is 121 cm³/mol. The van der Waals surface area contributed by atoms with Crippen molar-refractivity contribution in [2.24, 2.45) is 0 Å². The Kier molecular flexibility index (Phi) is 9.30. The first-order valence-electron chi connectivity index (χ1n) is 10.2. The molecule has 0 aliphatic heterocycles. The van der Waals surface area contributed by atoms with E-state index in [1.165, 1.54) is 50.7 Å². The van der Waals surface area contributed by atoms with Gasteiger partial charge in [-0.2, -0.15) is 12.1 Å². The van der Waals surface area contributed by atoms with Gasteiger partial charge in [0.15, 0.2) is 0 Å². The molecule has 0 aliphatic rings. The average molecular weight is 472 g/mol. The van der Waals surface area contributed by atoms with E-state index in [0.717, 1.165) is 16.6 Å². The van der Waals surface area contributed by atoms with Gasteiger partial charge >= 0.3 is 38.4 Å². The number of fused-ring (bicyclic) bond motifs is 2. The van der Waals surface area contributed by atoms with Crippen LogP contribution in [0.15, 0.2) is 60.7 Å². The summed E-state index contributed by atoms with van der Waals surface area (Å²) in [5.41, 5.74) is 5.65. The Labute approximate surface area is 182 Å². The summed E-state index contributed by atoms with van der Waals surface area (Å²) < 4.78 is 22.8. The second kappa shape index (κ2) is 11.5. The summed E-state index contributed by atoms with van der Waals surface area (Å²) in [6, 6.07) is 22.1. The maximum atomic E-state index is 10.9. The van der Waals surface area contributed by atoms with Gasteiger partial charge in [-0.05, 0) is 26.7 Å². The van der Waals surface area contributed by atoms with Gasteiger partial charge in [0.1, 0.15) is 0 Å². The first kappa shape index (κ1) is 23.6. The molecule has 154 valence electrons. The number of hydrogen-bond acceptors (Lipinski definition) is 0. The van der Waals surface area contributed by atoms with Crippen molar-refractivity contribution in [1.82, 2.24) is 0 Å². The topological polar surface area (TPSA) is 0 Å². The quantitative estimate of drug-likeness (QED) is 0.259. The summed E-state index contributed by atoms with van der Waals surface area (Å²) in [6.45, 7) is 10.1. The zero-order valence-corrected chi connectivity index (χ0v) is 20.5. The van der Waals surface area contributed by atoms with E-state index in [1.807, 2.05) is 0 Å². The van der Waals surface area contributed by atoms with Crippen LogP contribution in [0.2, 0.25) is 0 Å². The number of aryl methyl sites for hydroxylation is 4. The van der Waals surface area contributed by atoms with Gasteiger partial charge in [-0.15, -0.1) is 69.1 Å². The van der Waals surface area contributed by atoms with Crippen molar-refractivity contribution in [2.45, 2.75) is 47.5 Å². The monoisotopic (exact) mass is 470 g/mol. The van der Waals surface area contributed by atoms with Crippen LogP contribution in [0.5, 0.6) is 0 Å².